The number of halogens is 1. The summed E-state index contributed by atoms with van der Waals surface area (Å²) in [6.07, 6.45) is 5.63. The number of amidine groups is 1. The molecule has 1 aliphatic heterocycles. The molecule has 0 unspecified atom stereocenters. The number of nitrogens with one attached hydrogen (secondary N) is 1. The average molecular weight is 441 g/mol. The predicted molar refractivity (Wildman–Crippen MR) is 121 cm³/mol. The van der Waals surface area contributed by atoms with E-state index in [1.165, 1.54) is 37.6 Å². The van der Waals surface area contributed by atoms with Crippen LogP contribution in [0.25, 0.3) is 5.57 Å². The van der Waals surface area contributed by atoms with Crippen LogP contribution in [-0.2, 0) is 10.0 Å². The van der Waals surface area contributed by atoms with Gasteiger partial charge in [0, 0.05) is 29.0 Å². The van der Waals surface area contributed by atoms with E-state index in [4.69, 9.17) is 10.1 Å². The highest BCUT2D eigenvalue weighted by molar-refractivity contribution is 7.89. The molecule has 0 spiro atoms. The van der Waals surface area contributed by atoms with E-state index in [1.807, 2.05) is 32.9 Å². The van der Waals surface area contributed by atoms with Crippen molar-refractivity contribution in [1.29, 1.82) is 5.41 Å². The van der Waals surface area contributed by atoms with Crippen LogP contribution in [0.4, 0.5) is 4.39 Å². The number of methoxy groups -OCH3 is 1. The number of aryl methyl sites for hydroxylation is 1. The van der Waals surface area contributed by atoms with Gasteiger partial charge in [-0.15, -0.1) is 0 Å². The molecule has 31 heavy (non-hydrogen) atoms. The van der Waals surface area contributed by atoms with Crippen molar-refractivity contribution in [3.63, 3.8) is 0 Å². The number of hydrogen-bond acceptors (Lipinski definition) is 4. The molecule has 0 saturated carbocycles. The first-order valence-corrected chi connectivity index (χ1v) is 11.2. The van der Waals surface area contributed by atoms with Crippen LogP contribution in [-0.4, -0.2) is 25.7 Å². The van der Waals surface area contributed by atoms with Crippen molar-refractivity contribution in [3.05, 3.63) is 88.9 Å². The van der Waals surface area contributed by atoms with Crippen molar-refractivity contribution >= 4 is 21.4 Å². The Morgan fingerprint density at radius 1 is 1.19 bits per heavy atom. The molecular weight excluding hydrogens is 415 g/mol. The summed E-state index contributed by atoms with van der Waals surface area (Å²) in [6, 6.07) is 10.8. The Labute approximate surface area is 182 Å². The maximum atomic E-state index is 14.9. The van der Waals surface area contributed by atoms with Gasteiger partial charge in [-0.3, -0.25) is 5.41 Å². The summed E-state index contributed by atoms with van der Waals surface area (Å²) in [5.41, 5.74) is 2.66. The Morgan fingerprint density at radius 3 is 2.45 bits per heavy atom. The molecule has 0 aromatic heterocycles. The second-order valence-corrected chi connectivity index (χ2v) is 9.09. The van der Waals surface area contributed by atoms with Gasteiger partial charge >= 0.3 is 0 Å². The van der Waals surface area contributed by atoms with E-state index in [9.17, 15) is 12.8 Å². The smallest absolute Gasteiger partial charge is 0.269 e. The van der Waals surface area contributed by atoms with Gasteiger partial charge in [0.1, 0.15) is 17.4 Å². The van der Waals surface area contributed by atoms with Gasteiger partial charge in [-0.25, -0.2) is 17.1 Å². The highest BCUT2D eigenvalue weighted by Gasteiger charge is 2.36. The van der Waals surface area contributed by atoms with Crippen LogP contribution >= 0.6 is 0 Å². The van der Waals surface area contributed by atoms with Crippen molar-refractivity contribution in [2.75, 3.05) is 7.11 Å². The Kier molecular flexibility index (Phi) is 6.45. The van der Waals surface area contributed by atoms with Crippen molar-refractivity contribution in [3.8, 4) is 5.75 Å². The molecule has 1 aliphatic rings. The normalized spacial score (nSPS) is 16.1. The van der Waals surface area contributed by atoms with Crippen molar-refractivity contribution in [2.45, 2.75) is 32.1 Å². The number of benzene rings is 2. The molecule has 162 valence electrons. The summed E-state index contributed by atoms with van der Waals surface area (Å²) < 4.78 is 47.5. The molecule has 0 bridgehead atoms. The van der Waals surface area contributed by atoms with Gasteiger partial charge in [0.2, 0.25) is 0 Å². The zero-order chi connectivity index (χ0) is 22.8. The van der Waals surface area contributed by atoms with Crippen LogP contribution in [0.2, 0.25) is 0 Å². The fourth-order valence-corrected chi connectivity index (χ4v) is 4.65. The Balaban J connectivity index is 2.19. The van der Waals surface area contributed by atoms with Gasteiger partial charge in [-0.2, -0.15) is 0 Å². The molecule has 5 nitrogen and oxygen atoms in total. The third-order valence-corrected chi connectivity index (χ3v) is 6.78. The van der Waals surface area contributed by atoms with Gasteiger partial charge in [0.05, 0.1) is 12.0 Å². The van der Waals surface area contributed by atoms with E-state index in [1.54, 1.807) is 18.2 Å². The fraction of sp³-hybridized carbons (Fsp3) is 0.208. The van der Waals surface area contributed by atoms with Gasteiger partial charge in [-0.1, -0.05) is 35.4 Å². The molecule has 2 aromatic rings. The quantitative estimate of drug-likeness (QED) is 0.608. The standard InChI is InChI=1S/C24H25FN2O3S/c1-5-6-7-17(3)23-21(20-13-10-18(30-4)14-22(20)25)15-27(24(23)26)31(28,29)19-11-8-16(2)9-12-19/h5-6,8-15,26H,7H2,1-4H3/b6-5-,23-17+,26-24?. The lowest BCUT2D eigenvalue weighted by Gasteiger charge is -2.17. The molecule has 0 fully saturated rings. The lowest BCUT2D eigenvalue weighted by molar-refractivity contribution is 0.411. The number of sulfonamides is 1. The van der Waals surface area contributed by atoms with E-state index in [0.717, 1.165) is 15.4 Å². The summed E-state index contributed by atoms with van der Waals surface area (Å²) in [7, 11) is -2.58. The van der Waals surface area contributed by atoms with E-state index in [2.05, 4.69) is 0 Å². The average Bonchev–Trinajstić information content (AvgIpc) is 3.09. The highest BCUT2D eigenvalue weighted by Crippen LogP contribution is 2.39. The minimum atomic E-state index is -4.03. The zero-order valence-corrected chi connectivity index (χ0v) is 18.8. The van der Waals surface area contributed by atoms with E-state index in [0.29, 0.717) is 23.3 Å². The molecule has 1 N–H and O–H groups in total. The van der Waals surface area contributed by atoms with Crippen LogP contribution in [0.5, 0.6) is 5.75 Å². The number of allylic oxidation sites excluding steroid dienone is 3. The second kappa shape index (κ2) is 8.89. The molecular formula is C24H25FN2O3S. The third-order valence-electron chi connectivity index (χ3n) is 5.10. The maximum Gasteiger partial charge on any atom is 0.269 e. The van der Waals surface area contributed by atoms with E-state index < -0.39 is 15.8 Å². The van der Waals surface area contributed by atoms with Gasteiger partial charge < -0.3 is 4.74 Å². The zero-order valence-electron chi connectivity index (χ0n) is 17.9. The van der Waals surface area contributed by atoms with Crippen LogP contribution in [0.15, 0.2) is 76.9 Å². The number of hydrogen-bond donors (Lipinski definition) is 1. The second-order valence-electron chi connectivity index (χ2n) is 7.28. The van der Waals surface area contributed by atoms with Crippen LogP contribution in [0.1, 0.15) is 31.4 Å². The number of nitrogens with zero attached hydrogens (tertiary/aromatic N) is 1. The number of ether oxygens (including phenoxy) is 1. The molecule has 0 saturated heterocycles. The topological polar surface area (TPSA) is 70.5 Å². The fourth-order valence-electron chi connectivity index (χ4n) is 3.37. The molecule has 0 radical (unpaired) electrons. The molecule has 0 aliphatic carbocycles. The maximum absolute atomic E-state index is 14.9. The predicted octanol–water partition coefficient (Wildman–Crippen LogP) is 5.45. The first-order valence-electron chi connectivity index (χ1n) is 9.77. The van der Waals surface area contributed by atoms with Crippen LogP contribution < -0.4 is 4.74 Å². The van der Waals surface area contributed by atoms with Gasteiger partial charge in [0.15, 0.2) is 0 Å². The van der Waals surface area contributed by atoms with Gasteiger partial charge in [-0.05, 0) is 51.5 Å². The van der Waals surface area contributed by atoms with Crippen molar-refractivity contribution in [1.82, 2.24) is 4.31 Å². The summed E-state index contributed by atoms with van der Waals surface area (Å²) in [5, 5.41) is 8.67. The molecule has 1 heterocycles. The highest BCUT2D eigenvalue weighted by atomic mass is 32.2. The largest absolute Gasteiger partial charge is 0.497 e. The summed E-state index contributed by atoms with van der Waals surface area (Å²) >= 11 is 0. The monoisotopic (exact) mass is 440 g/mol. The SMILES string of the molecule is C/C=C\C/C(C)=C1/C(=N)N(S(=O)(=O)c2ccc(C)cc2)C=C1c1ccc(OC)cc1F. The lowest BCUT2D eigenvalue weighted by Crippen LogP contribution is -2.29. The van der Waals surface area contributed by atoms with E-state index >= 15 is 0 Å². The summed E-state index contributed by atoms with van der Waals surface area (Å²) in [4.78, 5) is 0.0704. The minimum Gasteiger partial charge on any atom is -0.497 e. The molecule has 0 atom stereocenters. The Morgan fingerprint density at radius 2 is 1.87 bits per heavy atom. The number of rotatable bonds is 6. The van der Waals surface area contributed by atoms with Crippen molar-refractivity contribution in [2.24, 2.45) is 0 Å². The molecule has 3 rings (SSSR count). The summed E-state index contributed by atoms with van der Waals surface area (Å²) in [5.74, 6) is -0.396. The van der Waals surface area contributed by atoms with Crippen LogP contribution in [0.3, 0.4) is 0 Å². The molecule has 2 aromatic carbocycles. The van der Waals surface area contributed by atoms with E-state index in [-0.39, 0.29) is 16.3 Å². The van der Waals surface area contributed by atoms with Gasteiger partial charge in [0.25, 0.3) is 10.0 Å². The lowest BCUT2D eigenvalue weighted by atomic mass is 9.94. The summed E-state index contributed by atoms with van der Waals surface area (Å²) in [6.45, 7) is 5.57. The molecule has 7 heteroatoms. The third kappa shape index (κ3) is 4.32. The minimum absolute atomic E-state index is 0.0704. The Bertz CT molecular complexity index is 1210. The Hall–Kier alpha value is -3.19. The first kappa shape index (κ1) is 22.5. The van der Waals surface area contributed by atoms with Crippen LogP contribution in [0, 0.1) is 18.2 Å². The first-order chi connectivity index (χ1) is 14.7. The van der Waals surface area contributed by atoms with Crippen molar-refractivity contribution < 1.29 is 17.5 Å². The molecule has 0 amide bonds.